The normalized spacial score (nSPS) is 13.7. The van der Waals surface area contributed by atoms with E-state index in [0.29, 0.717) is 10.9 Å². The van der Waals surface area contributed by atoms with Gasteiger partial charge in [-0.1, -0.05) is 20.3 Å². The van der Waals surface area contributed by atoms with Crippen LogP contribution in [0.25, 0.3) is 0 Å². The van der Waals surface area contributed by atoms with Crippen molar-refractivity contribution in [2.45, 2.75) is 26.3 Å². The van der Waals surface area contributed by atoms with E-state index in [1.807, 2.05) is 6.92 Å². The number of carboxylic acid groups (broad SMARTS) is 1. The number of aromatic nitrogens is 1. The van der Waals surface area contributed by atoms with Gasteiger partial charge in [-0.05, 0) is 34.0 Å². The molecule has 0 saturated carbocycles. The van der Waals surface area contributed by atoms with Crippen molar-refractivity contribution < 1.29 is 14.7 Å². The summed E-state index contributed by atoms with van der Waals surface area (Å²) in [7, 11) is 0. The molecule has 2 N–H and O–H groups in total. The maximum absolute atomic E-state index is 11.9. The monoisotopic (exact) mass is 314 g/mol. The molecule has 1 heterocycles. The summed E-state index contributed by atoms with van der Waals surface area (Å²) in [4.78, 5) is 27.0. The number of nitrogens with zero attached hydrogens (tertiary/aromatic N) is 1. The average Bonchev–Trinajstić information content (AvgIpc) is 2.35. The first-order valence-electron chi connectivity index (χ1n) is 5.61. The van der Waals surface area contributed by atoms with Crippen LogP contribution in [0.15, 0.2) is 22.8 Å². The molecule has 0 aliphatic rings. The zero-order valence-corrected chi connectivity index (χ0v) is 11.8. The molecule has 1 aromatic rings. The molecular formula is C12H15BrN2O3. The van der Waals surface area contributed by atoms with E-state index in [2.05, 4.69) is 26.2 Å². The lowest BCUT2D eigenvalue weighted by Gasteiger charge is -2.20. The van der Waals surface area contributed by atoms with Crippen LogP contribution in [-0.2, 0) is 4.79 Å². The third-order valence-electron chi connectivity index (χ3n) is 2.74. The molecule has 18 heavy (non-hydrogen) atoms. The molecule has 0 fully saturated rings. The van der Waals surface area contributed by atoms with E-state index in [4.69, 9.17) is 5.11 Å². The van der Waals surface area contributed by atoms with Gasteiger partial charge in [0.1, 0.15) is 11.7 Å². The minimum atomic E-state index is -1.04. The molecule has 1 rings (SSSR count). The van der Waals surface area contributed by atoms with Gasteiger partial charge < -0.3 is 10.4 Å². The number of carbonyl (C=O) groups excluding carboxylic acids is 1. The minimum absolute atomic E-state index is 0.145. The maximum atomic E-state index is 11.9. The lowest BCUT2D eigenvalue weighted by Crippen LogP contribution is -2.45. The van der Waals surface area contributed by atoms with Crippen LogP contribution in [0.5, 0.6) is 0 Å². The molecule has 0 aliphatic carbocycles. The minimum Gasteiger partial charge on any atom is -0.480 e. The second-order valence-corrected chi connectivity index (χ2v) is 4.86. The number of rotatable bonds is 5. The number of aliphatic carboxylic acids is 1. The molecule has 0 aliphatic heterocycles. The molecule has 5 nitrogen and oxygen atoms in total. The number of pyridine rings is 1. The first-order valence-corrected chi connectivity index (χ1v) is 6.40. The smallest absolute Gasteiger partial charge is 0.326 e. The fourth-order valence-electron chi connectivity index (χ4n) is 1.45. The molecule has 0 saturated heterocycles. The number of carbonyl (C=O) groups is 2. The molecule has 0 spiro atoms. The van der Waals surface area contributed by atoms with E-state index in [1.54, 1.807) is 19.1 Å². The maximum Gasteiger partial charge on any atom is 0.326 e. The van der Waals surface area contributed by atoms with E-state index in [9.17, 15) is 9.59 Å². The summed E-state index contributed by atoms with van der Waals surface area (Å²) in [5, 5.41) is 11.6. The molecule has 2 atom stereocenters. The van der Waals surface area contributed by atoms with Crippen LogP contribution in [0.4, 0.5) is 0 Å². The van der Waals surface area contributed by atoms with E-state index in [-0.39, 0.29) is 11.6 Å². The van der Waals surface area contributed by atoms with Crippen molar-refractivity contribution in [2.75, 3.05) is 0 Å². The lowest BCUT2D eigenvalue weighted by molar-refractivity contribution is -0.140. The zero-order valence-electron chi connectivity index (χ0n) is 10.2. The van der Waals surface area contributed by atoms with Gasteiger partial charge in [-0.3, -0.25) is 4.79 Å². The number of hydrogen-bond acceptors (Lipinski definition) is 3. The molecule has 1 amide bonds. The molecular weight excluding hydrogens is 300 g/mol. The molecule has 0 aromatic carbocycles. The molecule has 0 radical (unpaired) electrons. The topological polar surface area (TPSA) is 79.3 Å². The Kier molecular flexibility index (Phi) is 5.27. The number of hydrogen-bond donors (Lipinski definition) is 2. The Morgan fingerprint density at radius 3 is 2.72 bits per heavy atom. The van der Waals surface area contributed by atoms with Gasteiger partial charge in [0.2, 0.25) is 0 Å². The van der Waals surface area contributed by atoms with Crippen LogP contribution in [0.2, 0.25) is 0 Å². The standard InChI is InChI=1S/C12H15BrN2O3/c1-3-7(2)9(12(17)18)15-11(16)10-8(13)5-4-6-14-10/h4-7,9H,3H2,1-2H3,(H,15,16)(H,17,18)/t7?,9-/m0/s1. The highest BCUT2D eigenvalue weighted by Gasteiger charge is 2.26. The Morgan fingerprint density at radius 2 is 2.22 bits per heavy atom. The fourth-order valence-corrected chi connectivity index (χ4v) is 1.88. The van der Waals surface area contributed by atoms with Crippen LogP contribution >= 0.6 is 15.9 Å². The summed E-state index contributed by atoms with van der Waals surface area (Å²) >= 11 is 3.21. The Hall–Kier alpha value is -1.43. The van der Waals surface area contributed by atoms with Crippen LogP contribution < -0.4 is 5.32 Å². The number of nitrogens with one attached hydrogen (secondary N) is 1. The van der Waals surface area contributed by atoms with Gasteiger partial charge >= 0.3 is 5.97 Å². The molecule has 1 aromatic heterocycles. The van der Waals surface area contributed by atoms with Gasteiger partial charge in [0.05, 0.1) is 0 Å². The summed E-state index contributed by atoms with van der Waals surface area (Å²) in [5.41, 5.74) is 0.187. The Labute approximate surface area is 114 Å². The average molecular weight is 315 g/mol. The van der Waals surface area contributed by atoms with Crippen LogP contribution in [-0.4, -0.2) is 28.0 Å². The SMILES string of the molecule is CCC(C)[C@H](NC(=O)c1ncccc1Br)C(=O)O. The predicted molar refractivity (Wildman–Crippen MR) is 70.3 cm³/mol. The molecule has 6 heteroatoms. The van der Waals surface area contributed by atoms with Gasteiger partial charge in [-0.25, -0.2) is 9.78 Å². The highest BCUT2D eigenvalue weighted by molar-refractivity contribution is 9.10. The molecule has 1 unspecified atom stereocenters. The number of halogens is 1. The largest absolute Gasteiger partial charge is 0.480 e. The van der Waals surface area contributed by atoms with Crippen molar-refractivity contribution in [3.05, 3.63) is 28.5 Å². The van der Waals surface area contributed by atoms with Crippen LogP contribution in [0, 0.1) is 5.92 Å². The van der Waals surface area contributed by atoms with Crippen LogP contribution in [0.3, 0.4) is 0 Å². The van der Waals surface area contributed by atoms with E-state index in [1.165, 1.54) is 6.20 Å². The summed E-state index contributed by atoms with van der Waals surface area (Å²) in [5.74, 6) is -1.67. The van der Waals surface area contributed by atoms with E-state index in [0.717, 1.165) is 0 Å². The zero-order chi connectivity index (χ0) is 13.7. The summed E-state index contributed by atoms with van der Waals surface area (Å²) in [6.45, 7) is 3.66. The van der Waals surface area contributed by atoms with Crippen molar-refractivity contribution in [1.29, 1.82) is 0 Å². The predicted octanol–water partition coefficient (Wildman–Crippen LogP) is 2.07. The van der Waals surface area contributed by atoms with Crippen LogP contribution in [0.1, 0.15) is 30.8 Å². The summed E-state index contributed by atoms with van der Waals surface area (Å²) in [6, 6.07) is 2.46. The van der Waals surface area contributed by atoms with Gasteiger partial charge in [-0.2, -0.15) is 0 Å². The van der Waals surface area contributed by atoms with Crippen molar-refractivity contribution in [2.24, 2.45) is 5.92 Å². The second-order valence-electron chi connectivity index (χ2n) is 4.01. The van der Waals surface area contributed by atoms with E-state index >= 15 is 0 Å². The van der Waals surface area contributed by atoms with E-state index < -0.39 is 17.9 Å². The fraction of sp³-hybridized carbons (Fsp3) is 0.417. The molecule has 98 valence electrons. The first-order chi connectivity index (χ1) is 8.47. The van der Waals surface area contributed by atoms with Gasteiger partial charge in [0.15, 0.2) is 0 Å². The number of amides is 1. The third kappa shape index (κ3) is 3.53. The van der Waals surface area contributed by atoms with Crippen molar-refractivity contribution >= 4 is 27.8 Å². The summed E-state index contributed by atoms with van der Waals surface area (Å²) < 4.78 is 0.538. The van der Waals surface area contributed by atoms with Crippen molar-refractivity contribution in [3.8, 4) is 0 Å². The van der Waals surface area contributed by atoms with Crippen molar-refractivity contribution in [3.63, 3.8) is 0 Å². The lowest BCUT2D eigenvalue weighted by atomic mass is 9.99. The molecule has 0 bridgehead atoms. The van der Waals surface area contributed by atoms with Gasteiger partial charge in [0, 0.05) is 10.7 Å². The van der Waals surface area contributed by atoms with Gasteiger partial charge in [0.25, 0.3) is 5.91 Å². The Morgan fingerprint density at radius 1 is 1.56 bits per heavy atom. The Balaban J connectivity index is 2.86. The second kappa shape index (κ2) is 6.49. The highest BCUT2D eigenvalue weighted by Crippen LogP contribution is 2.14. The number of carboxylic acids is 1. The summed E-state index contributed by atoms with van der Waals surface area (Å²) in [6.07, 6.45) is 2.15. The first kappa shape index (κ1) is 14.6. The quantitative estimate of drug-likeness (QED) is 0.872. The highest BCUT2D eigenvalue weighted by atomic mass is 79.9. The Bertz CT molecular complexity index is 451. The third-order valence-corrected chi connectivity index (χ3v) is 3.38. The van der Waals surface area contributed by atoms with Gasteiger partial charge in [-0.15, -0.1) is 0 Å². The van der Waals surface area contributed by atoms with Crippen molar-refractivity contribution in [1.82, 2.24) is 10.3 Å².